The highest BCUT2D eigenvalue weighted by Crippen LogP contribution is 2.38. The summed E-state index contributed by atoms with van der Waals surface area (Å²) in [6.07, 6.45) is 3.31. The normalized spacial score (nSPS) is 22.0. The van der Waals surface area contributed by atoms with Gasteiger partial charge >= 0.3 is 0 Å². The topological polar surface area (TPSA) is 38.0 Å². The zero-order valence-electron chi connectivity index (χ0n) is 10.6. The van der Waals surface area contributed by atoms with Crippen LogP contribution < -0.4 is 0 Å². The Kier molecular flexibility index (Phi) is 4.00. The molecule has 1 aliphatic carbocycles. The van der Waals surface area contributed by atoms with Crippen LogP contribution in [0, 0.1) is 5.92 Å². The molecule has 102 valence electrons. The maximum absolute atomic E-state index is 13.0. The molecule has 0 aromatic carbocycles. The number of hydrogen-bond acceptors (Lipinski definition) is 2. The molecular weight excluding hydrogens is 238 g/mol. The minimum Gasteiger partial charge on any atom is -0.393 e. The van der Waals surface area contributed by atoms with Crippen molar-refractivity contribution in [2.45, 2.75) is 50.6 Å². The first-order chi connectivity index (χ1) is 8.48. The lowest BCUT2D eigenvalue weighted by molar-refractivity contribution is -0.0629. The number of aromatic nitrogens is 2. The zero-order chi connectivity index (χ0) is 13.2. The van der Waals surface area contributed by atoms with Crippen LogP contribution in [-0.2, 0) is 13.5 Å². The smallest absolute Gasteiger partial charge is 0.248 e. The molecule has 18 heavy (non-hydrogen) atoms. The Morgan fingerprint density at radius 1 is 1.50 bits per heavy atom. The molecule has 0 aliphatic heterocycles. The summed E-state index contributed by atoms with van der Waals surface area (Å²) >= 11 is 0. The highest BCUT2D eigenvalue weighted by Gasteiger charge is 2.37. The van der Waals surface area contributed by atoms with E-state index in [0.717, 1.165) is 12.1 Å². The summed E-state index contributed by atoms with van der Waals surface area (Å²) in [5.41, 5.74) is 1.06. The van der Waals surface area contributed by atoms with E-state index in [-0.39, 0.29) is 18.8 Å². The molecule has 0 bridgehead atoms. The van der Waals surface area contributed by atoms with E-state index in [9.17, 15) is 13.9 Å². The first-order valence-corrected chi connectivity index (χ1v) is 6.51. The summed E-state index contributed by atoms with van der Waals surface area (Å²) < 4.78 is 27.8. The number of aliphatic hydroxyl groups excluding tert-OH is 1. The van der Waals surface area contributed by atoms with Gasteiger partial charge in [-0.2, -0.15) is 5.10 Å². The van der Waals surface area contributed by atoms with E-state index >= 15 is 0 Å². The fourth-order valence-electron chi connectivity index (χ4n) is 2.63. The molecule has 1 atom stereocenters. The van der Waals surface area contributed by atoms with Gasteiger partial charge in [0.1, 0.15) is 0 Å². The number of alkyl halides is 2. The van der Waals surface area contributed by atoms with Crippen LogP contribution in [-0.4, -0.2) is 26.9 Å². The number of aryl methyl sites for hydroxylation is 2. The standard InChI is InChI=1S/C13H20F2N2O/c1-17-11(6-9-16-17)2-3-12(18)10-4-7-13(14,15)8-5-10/h6,9-10,12,18H,2-5,7-8H2,1H3. The van der Waals surface area contributed by atoms with Gasteiger partial charge in [-0.25, -0.2) is 8.78 Å². The fraction of sp³-hybridized carbons (Fsp3) is 0.769. The Labute approximate surface area is 106 Å². The van der Waals surface area contributed by atoms with Crippen molar-refractivity contribution in [1.82, 2.24) is 9.78 Å². The van der Waals surface area contributed by atoms with E-state index in [0.29, 0.717) is 19.3 Å². The third kappa shape index (κ3) is 3.28. The molecule has 0 saturated heterocycles. The molecule has 1 unspecified atom stereocenters. The first-order valence-electron chi connectivity index (χ1n) is 6.51. The average molecular weight is 258 g/mol. The minimum atomic E-state index is -2.52. The summed E-state index contributed by atoms with van der Waals surface area (Å²) in [6, 6.07) is 1.92. The molecule has 0 amide bonds. The largest absolute Gasteiger partial charge is 0.393 e. The maximum atomic E-state index is 13.0. The monoisotopic (exact) mass is 258 g/mol. The molecule has 5 heteroatoms. The molecule has 1 heterocycles. The van der Waals surface area contributed by atoms with Crippen molar-refractivity contribution in [3.63, 3.8) is 0 Å². The number of nitrogens with zero attached hydrogens (tertiary/aromatic N) is 2. The third-order valence-corrected chi connectivity index (χ3v) is 3.92. The van der Waals surface area contributed by atoms with Crippen molar-refractivity contribution in [3.8, 4) is 0 Å². The third-order valence-electron chi connectivity index (χ3n) is 3.92. The Morgan fingerprint density at radius 3 is 2.72 bits per heavy atom. The lowest BCUT2D eigenvalue weighted by Crippen LogP contribution is -2.31. The van der Waals surface area contributed by atoms with Crippen LogP contribution in [0.3, 0.4) is 0 Å². The molecule has 1 N–H and O–H groups in total. The SMILES string of the molecule is Cn1nccc1CCC(O)C1CCC(F)(F)CC1. The second-order valence-corrected chi connectivity index (χ2v) is 5.25. The Balaban J connectivity index is 1.79. The van der Waals surface area contributed by atoms with Gasteiger partial charge in [-0.3, -0.25) is 4.68 Å². The summed E-state index contributed by atoms with van der Waals surface area (Å²) in [7, 11) is 1.86. The number of rotatable bonds is 4. The van der Waals surface area contributed by atoms with E-state index in [1.54, 1.807) is 10.9 Å². The van der Waals surface area contributed by atoms with Crippen molar-refractivity contribution < 1.29 is 13.9 Å². The van der Waals surface area contributed by atoms with Gasteiger partial charge in [0, 0.05) is 31.8 Å². The van der Waals surface area contributed by atoms with Crippen LogP contribution in [0.15, 0.2) is 12.3 Å². The lowest BCUT2D eigenvalue weighted by Gasteiger charge is -2.31. The van der Waals surface area contributed by atoms with Crippen LogP contribution in [0.25, 0.3) is 0 Å². The van der Waals surface area contributed by atoms with Gasteiger partial charge in [-0.05, 0) is 37.7 Å². The van der Waals surface area contributed by atoms with E-state index < -0.39 is 12.0 Å². The molecule has 1 saturated carbocycles. The van der Waals surface area contributed by atoms with E-state index in [2.05, 4.69) is 5.10 Å². The predicted molar refractivity (Wildman–Crippen MR) is 64.4 cm³/mol. The lowest BCUT2D eigenvalue weighted by atomic mass is 9.82. The van der Waals surface area contributed by atoms with Crippen molar-refractivity contribution in [2.24, 2.45) is 13.0 Å². The van der Waals surface area contributed by atoms with E-state index in [4.69, 9.17) is 0 Å². The first kappa shape index (κ1) is 13.5. The van der Waals surface area contributed by atoms with E-state index in [1.807, 2.05) is 13.1 Å². The molecule has 0 spiro atoms. The molecule has 0 radical (unpaired) electrons. The second-order valence-electron chi connectivity index (χ2n) is 5.25. The second kappa shape index (κ2) is 5.34. The van der Waals surface area contributed by atoms with Gasteiger partial charge in [0.15, 0.2) is 0 Å². The molecule has 1 aliphatic rings. The van der Waals surface area contributed by atoms with Crippen molar-refractivity contribution in [1.29, 1.82) is 0 Å². The Hall–Kier alpha value is -0.970. The number of halogens is 2. The summed E-state index contributed by atoms with van der Waals surface area (Å²) in [5, 5.41) is 14.1. The molecule has 1 aromatic rings. The van der Waals surface area contributed by atoms with Crippen LogP contribution >= 0.6 is 0 Å². The van der Waals surface area contributed by atoms with Crippen LogP contribution in [0.5, 0.6) is 0 Å². The van der Waals surface area contributed by atoms with Crippen molar-refractivity contribution in [3.05, 3.63) is 18.0 Å². The Morgan fingerprint density at radius 2 is 2.17 bits per heavy atom. The molecule has 3 nitrogen and oxygen atoms in total. The van der Waals surface area contributed by atoms with Crippen molar-refractivity contribution >= 4 is 0 Å². The van der Waals surface area contributed by atoms with Crippen LogP contribution in [0.1, 0.15) is 37.8 Å². The van der Waals surface area contributed by atoms with Gasteiger partial charge in [0.2, 0.25) is 5.92 Å². The minimum absolute atomic E-state index is 0.0258. The van der Waals surface area contributed by atoms with Gasteiger partial charge in [-0.15, -0.1) is 0 Å². The van der Waals surface area contributed by atoms with Gasteiger partial charge < -0.3 is 5.11 Å². The van der Waals surface area contributed by atoms with Gasteiger partial charge in [0.25, 0.3) is 0 Å². The molecular formula is C13H20F2N2O. The Bertz CT molecular complexity index is 382. The highest BCUT2D eigenvalue weighted by atomic mass is 19.3. The highest BCUT2D eigenvalue weighted by molar-refractivity contribution is 5.00. The summed E-state index contributed by atoms with van der Waals surface area (Å²) in [6.45, 7) is 0. The summed E-state index contributed by atoms with van der Waals surface area (Å²) in [5.74, 6) is -2.49. The van der Waals surface area contributed by atoms with Gasteiger partial charge in [0.05, 0.1) is 6.10 Å². The molecule has 2 rings (SSSR count). The van der Waals surface area contributed by atoms with Crippen LogP contribution in [0.2, 0.25) is 0 Å². The maximum Gasteiger partial charge on any atom is 0.248 e. The van der Waals surface area contributed by atoms with E-state index in [1.165, 1.54) is 0 Å². The quantitative estimate of drug-likeness (QED) is 0.901. The van der Waals surface area contributed by atoms with Gasteiger partial charge in [-0.1, -0.05) is 0 Å². The summed E-state index contributed by atoms with van der Waals surface area (Å²) in [4.78, 5) is 0. The average Bonchev–Trinajstić information content (AvgIpc) is 2.72. The predicted octanol–water partition coefficient (Wildman–Crippen LogP) is 2.54. The number of hydrogen-bond donors (Lipinski definition) is 1. The van der Waals surface area contributed by atoms with Crippen molar-refractivity contribution in [2.75, 3.05) is 0 Å². The fourth-order valence-corrected chi connectivity index (χ4v) is 2.63. The molecule has 1 aromatic heterocycles. The zero-order valence-corrected chi connectivity index (χ0v) is 10.6. The van der Waals surface area contributed by atoms with Crippen LogP contribution in [0.4, 0.5) is 8.78 Å². The molecule has 1 fully saturated rings. The number of aliphatic hydroxyl groups is 1.